The van der Waals surface area contributed by atoms with Gasteiger partial charge in [0.25, 0.3) is 0 Å². The number of hydrogen-bond acceptors (Lipinski definition) is 3. The van der Waals surface area contributed by atoms with Crippen LogP contribution in [-0.4, -0.2) is 23.6 Å². The molecule has 0 bridgehead atoms. The van der Waals surface area contributed by atoms with E-state index < -0.39 is 17.5 Å². The van der Waals surface area contributed by atoms with Crippen LogP contribution < -0.4 is 4.74 Å². The summed E-state index contributed by atoms with van der Waals surface area (Å²) in [6, 6.07) is 1.28. The Morgan fingerprint density at radius 3 is 2.55 bits per heavy atom. The van der Waals surface area contributed by atoms with Crippen LogP contribution in [0.3, 0.4) is 0 Å². The molecular formula is C16H20F3NO2. The average molecular weight is 315 g/mol. The summed E-state index contributed by atoms with van der Waals surface area (Å²) in [5, 5.41) is 0. The van der Waals surface area contributed by atoms with E-state index in [9.17, 15) is 18.0 Å². The number of pyridine rings is 1. The van der Waals surface area contributed by atoms with E-state index in [0.717, 1.165) is 13.3 Å². The Kier molecular flexibility index (Phi) is 6.14. The lowest BCUT2D eigenvalue weighted by Gasteiger charge is -2.15. The van der Waals surface area contributed by atoms with E-state index in [0.29, 0.717) is 18.6 Å². The first-order valence-electron chi connectivity index (χ1n) is 7.00. The van der Waals surface area contributed by atoms with Crippen molar-refractivity contribution < 1.29 is 22.7 Å². The van der Waals surface area contributed by atoms with Crippen LogP contribution in [0.5, 0.6) is 5.75 Å². The largest absolute Gasteiger partial charge is 0.492 e. The van der Waals surface area contributed by atoms with Crippen molar-refractivity contribution >= 4 is 11.4 Å². The predicted molar refractivity (Wildman–Crippen MR) is 78.6 cm³/mol. The van der Waals surface area contributed by atoms with Gasteiger partial charge in [0.15, 0.2) is 5.78 Å². The fourth-order valence-corrected chi connectivity index (χ4v) is 1.79. The second kappa shape index (κ2) is 7.42. The average Bonchev–Trinajstić information content (AvgIpc) is 2.36. The fourth-order valence-electron chi connectivity index (χ4n) is 1.79. The predicted octanol–water partition coefficient (Wildman–Crippen LogP) is 4.35. The van der Waals surface area contributed by atoms with Gasteiger partial charge in [-0.2, -0.15) is 13.2 Å². The molecule has 0 fully saturated rings. The minimum absolute atomic E-state index is 0.134. The van der Waals surface area contributed by atoms with Gasteiger partial charge in [-0.25, -0.2) is 0 Å². The van der Waals surface area contributed by atoms with Crippen LogP contribution in [-0.2, 0) is 4.79 Å². The van der Waals surface area contributed by atoms with Crippen LogP contribution in [0.15, 0.2) is 18.3 Å². The van der Waals surface area contributed by atoms with Crippen molar-refractivity contribution in [2.24, 2.45) is 5.92 Å². The maximum atomic E-state index is 13.1. The van der Waals surface area contributed by atoms with Crippen LogP contribution in [0.1, 0.15) is 38.4 Å². The molecule has 122 valence electrons. The van der Waals surface area contributed by atoms with Gasteiger partial charge in [0, 0.05) is 11.3 Å². The summed E-state index contributed by atoms with van der Waals surface area (Å²) in [5.41, 5.74) is -0.940. The second-order valence-corrected chi connectivity index (χ2v) is 5.50. The molecule has 0 aliphatic carbocycles. The van der Waals surface area contributed by atoms with E-state index in [1.807, 2.05) is 13.8 Å². The van der Waals surface area contributed by atoms with Crippen molar-refractivity contribution in [3.8, 4) is 5.75 Å². The number of aromatic nitrogens is 1. The first kappa shape index (κ1) is 18.2. The standard InChI is InChI=1S/C16H20F3NO2/c1-10(2)5-6-22-13-8-14(12(4)20-9-13)15(7-11(3)21)16(17,18)19/h7-10H,5-6H2,1-4H3/b15-7+. The number of carbonyl (C=O) groups excluding carboxylic acids is 1. The van der Waals surface area contributed by atoms with Gasteiger partial charge < -0.3 is 4.74 Å². The number of aryl methyl sites for hydroxylation is 1. The Balaban J connectivity index is 3.13. The molecular weight excluding hydrogens is 295 g/mol. The molecule has 0 aliphatic heterocycles. The number of halogens is 3. The third-order valence-corrected chi connectivity index (χ3v) is 2.97. The lowest BCUT2D eigenvalue weighted by Crippen LogP contribution is -2.14. The molecule has 0 unspecified atom stereocenters. The van der Waals surface area contributed by atoms with Gasteiger partial charge in [-0.3, -0.25) is 9.78 Å². The van der Waals surface area contributed by atoms with Gasteiger partial charge in [-0.15, -0.1) is 0 Å². The number of hydrogen-bond donors (Lipinski definition) is 0. The molecule has 6 heteroatoms. The summed E-state index contributed by atoms with van der Waals surface area (Å²) >= 11 is 0. The van der Waals surface area contributed by atoms with Crippen molar-refractivity contribution in [2.45, 2.75) is 40.3 Å². The van der Waals surface area contributed by atoms with E-state index in [-0.39, 0.29) is 17.0 Å². The van der Waals surface area contributed by atoms with Crippen LogP contribution in [0.2, 0.25) is 0 Å². The molecule has 0 aromatic carbocycles. The van der Waals surface area contributed by atoms with Gasteiger partial charge in [-0.1, -0.05) is 13.8 Å². The highest BCUT2D eigenvalue weighted by Crippen LogP contribution is 2.36. The molecule has 0 saturated heterocycles. The van der Waals surface area contributed by atoms with Crippen molar-refractivity contribution in [3.63, 3.8) is 0 Å². The van der Waals surface area contributed by atoms with Gasteiger partial charge in [-0.05, 0) is 38.3 Å². The molecule has 1 rings (SSSR count). The summed E-state index contributed by atoms with van der Waals surface area (Å²) in [6.07, 6.45) is -1.86. The van der Waals surface area contributed by atoms with Gasteiger partial charge in [0.1, 0.15) is 5.75 Å². The van der Waals surface area contributed by atoms with Crippen LogP contribution >= 0.6 is 0 Å². The topological polar surface area (TPSA) is 39.2 Å². The summed E-state index contributed by atoms with van der Waals surface area (Å²) < 4.78 is 44.9. The second-order valence-electron chi connectivity index (χ2n) is 5.50. The fraction of sp³-hybridized carbons (Fsp3) is 0.500. The SMILES string of the molecule is CC(=O)/C=C(\c1cc(OCCC(C)C)cnc1C)C(F)(F)F. The van der Waals surface area contributed by atoms with Crippen LogP contribution in [0.4, 0.5) is 13.2 Å². The number of alkyl halides is 3. The van der Waals surface area contributed by atoms with Crippen LogP contribution in [0.25, 0.3) is 5.57 Å². The zero-order valence-electron chi connectivity index (χ0n) is 13.1. The van der Waals surface area contributed by atoms with Crippen molar-refractivity contribution in [3.05, 3.63) is 29.6 Å². The van der Waals surface area contributed by atoms with E-state index in [4.69, 9.17) is 4.74 Å². The number of nitrogens with zero attached hydrogens (tertiary/aromatic N) is 1. The molecule has 0 amide bonds. The van der Waals surface area contributed by atoms with E-state index in [2.05, 4.69) is 4.98 Å². The van der Waals surface area contributed by atoms with Crippen molar-refractivity contribution in [1.82, 2.24) is 4.98 Å². The summed E-state index contributed by atoms with van der Waals surface area (Å²) in [7, 11) is 0. The molecule has 0 spiro atoms. The molecule has 3 nitrogen and oxygen atoms in total. The van der Waals surface area contributed by atoms with Crippen molar-refractivity contribution in [1.29, 1.82) is 0 Å². The minimum atomic E-state index is -4.63. The lowest BCUT2D eigenvalue weighted by atomic mass is 10.0. The van der Waals surface area contributed by atoms with Gasteiger partial charge in [0.05, 0.1) is 18.4 Å². The molecule has 0 saturated carbocycles. The third-order valence-electron chi connectivity index (χ3n) is 2.97. The Morgan fingerprint density at radius 1 is 1.41 bits per heavy atom. The van der Waals surface area contributed by atoms with E-state index >= 15 is 0 Å². The van der Waals surface area contributed by atoms with E-state index in [1.54, 1.807) is 0 Å². The highest BCUT2D eigenvalue weighted by atomic mass is 19.4. The molecule has 1 aromatic rings. The summed E-state index contributed by atoms with van der Waals surface area (Å²) in [4.78, 5) is 15.0. The lowest BCUT2D eigenvalue weighted by molar-refractivity contribution is -0.113. The Labute approximate surface area is 128 Å². The van der Waals surface area contributed by atoms with E-state index in [1.165, 1.54) is 19.2 Å². The number of ketones is 1. The monoisotopic (exact) mass is 315 g/mol. The zero-order valence-corrected chi connectivity index (χ0v) is 13.1. The normalized spacial score (nSPS) is 12.6. The molecule has 0 radical (unpaired) electrons. The number of allylic oxidation sites excluding steroid dienone is 2. The Hall–Kier alpha value is -1.85. The first-order valence-corrected chi connectivity index (χ1v) is 7.00. The highest BCUT2D eigenvalue weighted by Gasteiger charge is 2.36. The van der Waals surface area contributed by atoms with Crippen molar-refractivity contribution in [2.75, 3.05) is 6.61 Å². The molecule has 1 aromatic heterocycles. The Morgan fingerprint density at radius 2 is 2.05 bits per heavy atom. The third kappa shape index (κ3) is 5.50. The smallest absolute Gasteiger partial charge is 0.417 e. The number of ether oxygens (including phenoxy) is 1. The Bertz CT molecular complexity index is 563. The maximum Gasteiger partial charge on any atom is 0.417 e. The first-order chi connectivity index (χ1) is 10.1. The number of rotatable bonds is 6. The summed E-state index contributed by atoms with van der Waals surface area (Å²) in [5.74, 6) is 0.0269. The maximum absolute atomic E-state index is 13.1. The van der Waals surface area contributed by atoms with Crippen LogP contribution in [0, 0.1) is 12.8 Å². The highest BCUT2D eigenvalue weighted by molar-refractivity contribution is 5.96. The molecule has 0 aliphatic rings. The molecule has 0 N–H and O–H groups in total. The molecule has 22 heavy (non-hydrogen) atoms. The molecule has 1 heterocycles. The minimum Gasteiger partial charge on any atom is -0.492 e. The van der Waals surface area contributed by atoms with Gasteiger partial charge >= 0.3 is 6.18 Å². The number of carbonyl (C=O) groups is 1. The quantitative estimate of drug-likeness (QED) is 0.733. The summed E-state index contributed by atoms with van der Waals surface area (Å²) in [6.45, 7) is 7.00. The van der Waals surface area contributed by atoms with Gasteiger partial charge in [0.2, 0.25) is 0 Å². The zero-order chi connectivity index (χ0) is 16.9. The molecule has 0 atom stereocenters.